The molecule has 112 valence electrons. The Morgan fingerprint density at radius 2 is 2.25 bits per heavy atom. The van der Waals surface area contributed by atoms with Gasteiger partial charge in [0.15, 0.2) is 0 Å². The van der Waals surface area contributed by atoms with Gasteiger partial charge in [0.25, 0.3) is 5.91 Å². The predicted molar refractivity (Wildman–Crippen MR) is 83.9 cm³/mol. The van der Waals surface area contributed by atoms with E-state index in [0.29, 0.717) is 35.9 Å². The Kier molecular flexibility index (Phi) is 6.95. The van der Waals surface area contributed by atoms with Gasteiger partial charge in [-0.3, -0.25) is 9.00 Å². The number of halogens is 1. The minimum Gasteiger partial charge on any atom is -0.369 e. The van der Waals surface area contributed by atoms with Gasteiger partial charge >= 0.3 is 0 Å². The summed E-state index contributed by atoms with van der Waals surface area (Å²) in [7, 11) is -0.872. The fourth-order valence-corrected chi connectivity index (χ4v) is 2.20. The Bertz CT molecular complexity index is 497. The zero-order valence-corrected chi connectivity index (χ0v) is 13.5. The number of aromatic nitrogens is 1. The first-order chi connectivity index (χ1) is 9.45. The van der Waals surface area contributed by atoms with Crippen LogP contribution in [0.2, 0.25) is 5.02 Å². The van der Waals surface area contributed by atoms with Crippen molar-refractivity contribution in [1.29, 1.82) is 0 Å². The number of carbonyl (C=O) groups is 1. The van der Waals surface area contributed by atoms with Gasteiger partial charge in [-0.25, -0.2) is 4.98 Å². The van der Waals surface area contributed by atoms with Crippen molar-refractivity contribution in [2.24, 2.45) is 0 Å². The van der Waals surface area contributed by atoms with Gasteiger partial charge in [-0.2, -0.15) is 0 Å². The first-order valence-corrected chi connectivity index (χ1v) is 8.45. The molecule has 1 amide bonds. The van der Waals surface area contributed by atoms with Crippen LogP contribution in [0.4, 0.5) is 5.82 Å². The lowest BCUT2D eigenvalue weighted by Gasteiger charge is -2.10. The van der Waals surface area contributed by atoms with Crippen molar-refractivity contribution < 1.29 is 9.00 Å². The lowest BCUT2D eigenvalue weighted by molar-refractivity contribution is 0.0953. The summed E-state index contributed by atoms with van der Waals surface area (Å²) in [5.74, 6) is 0.345. The summed E-state index contributed by atoms with van der Waals surface area (Å²) in [6, 6.07) is 1.59. The van der Waals surface area contributed by atoms with Gasteiger partial charge in [0.05, 0.1) is 10.6 Å². The first kappa shape index (κ1) is 16.9. The number of carbonyl (C=O) groups excluding carboxylic acids is 1. The topological polar surface area (TPSA) is 71.1 Å². The van der Waals surface area contributed by atoms with Crippen molar-refractivity contribution in [3.05, 3.63) is 22.8 Å². The molecule has 0 bridgehead atoms. The van der Waals surface area contributed by atoms with Gasteiger partial charge in [0.1, 0.15) is 5.82 Å². The molecule has 2 atom stereocenters. The maximum atomic E-state index is 11.9. The third-order valence-electron chi connectivity index (χ3n) is 2.85. The second-order valence-electron chi connectivity index (χ2n) is 4.44. The van der Waals surface area contributed by atoms with E-state index >= 15 is 0 Å². The van der Waals surface area contributed by atoms with E-state index in [4.69, 9.17) is 11.6 Å². The summed E-state index contributed by atoms with van der Waals surface area (Å²) in [4.78, 5) is 16.0. The summed E-state index contributed by atoms with van der Waals surface area (Å²) in [6.45, 7) is 5.03. The third kappa shape index (κ3) is 5.09. The minimum absolute atomic E-state index is 0.0631. The second kappa shape index (κ2) is 8.21. The van der Waals surface area contributed by atoms with Gasteiger partial charge in [0, 0.05) is 41.6 Å². The SMILES string of the molecule is CCNc1ncc(C(=O)NCCC(C)S(C)=O)cc1Cl. The maximum absolute atomic E-state index is 11.9. The molecule has 0 aliphatic heterocycles. The van der Waals surface area contributed by atoms with E-state index in [1.54, 1.807) is 12.3 Å². The first-order valence-electron chi connectivity index (χ1n) is 6.45. The van der Waals surface area contributed by atoms with E-state index in [1.165, 1.54) is 6.20 Å². The van der Waals surface area contributed by atoms with E-state index in [2.05, 4.69) is 15.6 Å². The predicted octanol–water partition coefficient (Wildman–Crippen LogP) is 2.05. The summed E-state index contributed by atoms with van der Waals surface area (Å²) in [5.41, 5.74) is 0.418. The maximum Gasteiger partial charge on any atom is 0.252 e. The Hall–Kier alpha value is -1.14. The molecule has 0 radical (unpaired) electrons. The van der Waals surface area contributed by atoms with Crippen LogP contribution in [0.25, 0.3) is 0 Å². The fourth-order valence-electron chi connectivity index (χ4n) is 1.52. The van der Waals surface area contributed by atoms with Crippen LogP contribution in [0.15, 0.2) is 12.3 Å². The molecule has 5 nitrogen and oxygen atoms in total. The van der Waals surface area contributed by atoms with Crippen molar-refractivity contribution in [1.82, 2.24) is 10.3 Å². The van der Waals surface area contributed by atoms with Crippen molar-refractivity contribution >= 4 is 34.1 Å². The van der Waals surface area contributed by atoms with Gasteiger partial charge in [-0.15, -0.1) is 0 Å². The molecule has 1 rings (SSSR count). The van der Waals surface area contributed by atoms with Crippen molar-refractivity contribution in [3.63, 3.8) is 0 Å². The van der Waals surface area contributed by atoms with Crippen LogP contribution in [0.3, 0.4) is 0 Å². The molecule has 0 spiro atoms. The van der Waals surface area contributed by atoms with Crippen molar-refractivity contribution in [2.45, 2.75) is 25.5 Å². The average Bonchev–Trinajstić information content (AvgIpc) is 2.40. The molecule has 0 aromatic carbocycles. The highest BCUT2D eigenvalue weighted by Gasteiger charge is 2.11. The summed E-state index contributed by atoms with van der Waals surface area (Å²) < 4.78 is 11.2. The van der Waals surface area contributed by atoms with E-state index in [0.717, 1.165) is 0 Å². The monoisotopic (exact) mass is 317 g/mol. The molecule has 0 aliphatic carbocycles. The molecular weight excluding hydrogens is 298 g/mol. The Balaban J connectivity index is 2.55. The summed E-state index contributed by atoms with van der Waals surface area (Å²) >= 11 is 6.03. The molecule has 1 aromatic rings. The lowest BCUT2D eigenvalue weighted by atomic mass is 10.2. The van der Waals surface area contributed by atoms with Crippen LogP contribution in [0.5, 0.6) is 0 Å². The molecule has 1 heterocycles. The molecule has 7 heteroatoms. The molecule has 0 saturated carbocycles. The lowest BCUT2D eigenvalue weighted by Crippen LogP contribution is -2.27. The van der Waals surface area contributed by atoms with Crippen LogP contribution < -0.4 is 10.6 Å². The normalized spacial score (nSPS) is 13.6. The number of hydrogen-bond donors (Lipinski definition) is 2. The van der Waals surface area contributed by atoms with E-state index in [1.807, 2.05) is 13.8 Å². The van der Waals surface area contributed by atoms with Crippen LogP contribution in [-0.2, 0) is 10.8 Å². The molecule has 2 unspecified atom stereocenters. The number of anilines is 1. The highest BCUT2D eigenvalue weighted by molar-refractivity contribution is 7.84. The number of amides is 1. The minimum atomic E-state index is -0.872. The van der Waals surface area contributed by atoms with E-state index in [9.17, 15) is 9.00 Å². The van der Waals surface area contributed by atoms with E-state index < -0.39 is 10.8 Å². The number of pyridine rings is 1. The van der Waals surface area contributed by atoms with Crippen LogP contribution in [-0.4, -0.2) is 39.7 Å². The second-order valence-corrected chi connectivity index (χ2v) is 6.65. The number of nitrogens with zero attached hydrogens (tertiary/aromatic N) is 1. The molecule has 0 fully saturated rings. The number of nitrogens with one attached hydrogen (secondary N) is 2. The molecular formula is C13H20ClN3O2S. The number of rotatable bonds is 7. The van der Waals surface area contributed by atoms with Gasteiger partial charge < -0.3 is 10.6 Å². The zero-order valence-electron chi connectivity index (χ0n) is 11.9. The number of hydrogen-bond acceptors (Lipinski definition) is 4. The highest BCUT2D eigenvalue weighted by atomic mass is 35.5. The van der Waals surface area contributed by atoms with Crippen molar-refractivity contribution in [3.8, 4) is 0 Å². The average molecular weight is 318 g/mol. The third-order valence-corrected chi connectivity index (χ3v) is 4.51. The van der Waals surface area contributed by atoms with Gasteiger partial charge in [-0.05, 0) is 19.4 Å². The van der Waals surface area contributed by atoms with Gasteiger partial charge in [-0.1, -0.05) is 18.5 Å². The summed E-state index contributed by atoms with van der Waals surface area (Å²) in [6.07, 6.45) is 3.82. The van der Waals surface area contributed by atoms with Crippen LogP contribution >= 0.6 is 11.6 Å². The standard InChI is InChI=1S/C13H20ClN3O2S/c1-4-15-12-11(14)7-10(8-17-12)13(18)16-6-5-9(2)20(3)19/h7-9H,4-6H2,1-3H3,(H,15,17)(H,16,18). The molecule has 1 aromatic heterocycles. The highest BCUT2D eigenvalue weighted by Crippen LogP contribution is 2.19. The quantitative estimate of drug-likeness (QED) is 0.807. The Labute approximate surface area is 127 Å². The van der Waals surface area contributed by atoms with Crippen LogP contribution in [0.1, 0.15) is 30.6 Å². The fraction of sp³-hybridized carbons (Fsp3) is 0.538. The molecule has 0 aliphatic rings. The molecule has 20 heavy (non-hydrogen) atoms. The summed E-state index contributed by atoms with van der Waals surface area (Å²) in [5, 5.41) is 6.26. The Morgan fingerprint density at radius 3 is 2.80 bits per heavy atom. The van der Waals surface area contributed by atoms with Gasteiger partial charge in [0.2, 0.25) is 0 Å². The molecule has 2 N–H and O–H groups in total. The largest absolute Gasteiger partial charge is 0.369 e. The molecule has 0 saturated heterocycles. The van der Waals surface area contributed by atoms with Crippen molar-refractivity contribution in [2.75, 3.05) is 24.7 Å². The smallest absolute Gasteiger partial charge is 0.252 e. The zero-order chi connectivity index (χ0) is 15.1. The Morgan fingerprint density at radius 1 is 1.55 bits per heavy atom. The van der Waals surface area contributed by atoms with Crippen LogP contribution in [0, 0.1) is 0 Å². The van der Waals surface area contributed by atoms with E-state index in [-0.39, 0.29) is 11.2 Å².